The van der Waals surface area contributed by atoms with E-state index in [4.69, 9.17) is 0 Å². The highest BCUT2D eigenvalue weighted by atomic mass is 32.2. The summed E-state index contributed by atoms with van der Waals surface area (Å²) in [6.45, 7) is 0.230. The number of hydrogen-bond donors (Lipinski definition) is 1. The number of rotatable bonds is 5. The molecule has 0 aliphatic rings. The molecule has 0 radical (unpaired) electrons. The first-order valence-corrected chi connectivity index (χ1v) is 8.75. The lowest BCUT2D eigenvalue weighted by Crippen LogP contribution is -2.26. The normalized spacial score (nSPS) is 12.2. The molecular formula is C15H13N5O3S. The van der Waals surface area contributed by atoms with E-state index < -0.39 is 10.0 Å². The molecule has 1 N–H and O–H groups in total. The lowest BCUT2D eigenvalue weighted by Gasteiger charge is -2.05. The Morgan fingerprint density at radius 3 is 2.92 bits per heavy atom. The first-order chi connectivity index (χ1) is 11.6. The number of imidazole rings is 1. The molecule has 24 heavy (non-hydrogen) atoms. The van der Waals surface area contributed by atoms with Crippen LogP contribution in [0, 0.1) is 0 Å². The Hall–Kier alpha value is -2.78. The second kappa shape index (κ2) is 5.69. The number of sulfonamides is 1. The lowest BCUT2D eigenvalue weighted by molar-refractivity contribution is 0.315. The van der Waals surface area contributed by atoms with Gasteiger partial charge in [0.25, 0.3) is 0 Å². The molecule has 0 fully saturated rings. The van der Waals surface area contributed by atoms with Crippen LogP contribution >= 0.6 is 0 Å². The third-order valence-corrected chi connectivity index (χ3v) is 5.12. The van der Waals surface area contributed by atoms with E-state index in [0.717, 1.165) is 11.3 Å². The van der Waals surface area contributed by atoms with E-state index in [1.165, 1.54) is 6.07 Å². The smallest absolute Gasteiger partial charge is 0.242 e. The van der Waals surface area contributed by atoms with Crippen LogP contribution in [0.5, 0.6) is 0 Å². The van der Waals surface area contributed by atoms with Gasteiger partial charge in [0, 0.05) is 25.4 Å². The molecule has 0 spiro atoms. The summed E-state index contributed by atoms with van der Waals surface area (Å²) in [4.78, 5) is 4.49. The summed E-state index contributed by atoms with van der Waals surface area (Å²) in [6, 6.07) is 10.4. The van der Waals surface area contributed by atoms with Gasteiger partial charge < -0.3 is 4.40 Å². The predicted octanol–water partition coefficient (Wildman–Crippen LogP) is 1.39. The minimum atomic E-state index is -3.70. The van der Waals surface area contributed by atoms with E-state index in [9.17, 15) is 8.42 Å². The van der Waals surface area contributed by atoms with Gasteiger partial charge in [0.05, 0.1) is 5.69 Å². The number of aromatic nitrogens is 4. The van der Waals surface area contributed by atoms with Crippen molar-refractivity contribution in [3.63, 3.8) is 0 Å². The molecule has 122 valence electrons. The highest BCUT2D eigenvalue weighted by Crippen LogP contribution is 2.19. The maximum absolute atomic E-state index is 12.5. The zero-order chi connectivity index (χ0) is 16.6. The maximum Gasteiger partial charge on any atom is 0.242 e. The van der Waals surface area contributed by atoms with Crippen LogP contribution < -0.4 is 4.72 Å². The summed E-state index contributed by atoms with van der Waals surface area (Å²) < 4.78 is 34.0. The molecule has 0 aliphatic carbocycles. The number of nitrogens with zero attached hydrogens (tertiary/aromatic N) is 4. The van der Waals surface area contributed by atoms with E-state index in [0.29, 0.717) is 11.9 Å². The van der Waals surface area contributed by atoms with Crippen molar-refractivity contribution < 1.29 is 13.0 Å². The van der Waals surface area contributed by atoms with Gasteiger partial charge in [-0.2, -0.15) is 0 Å². The van der Waals surface area contributed by atoms with Gasteiger partial charge in [-0.05, 0) is 34.6 Å². The number of fused-ring (bicyclic) bond motifs is 2. The first-order valence-electron chi connectivity index (χ1n) is 7.27. The summed E-state index contributed by atoms with van der Waals surface area (Å²) >= 11 is 0. The van der Waals surface area contributed by atoms with Gasteiger partial charge in [-0.1, -0.05) is 12.1 Å². The van der Waals surface area contributed by atoms with Gasteiger partial charge >= 0.3 is 0 Å². The van der Waals surface area contributed by atoms with Crippen LogP contribution in [0.1, 0.15) is 5.69 Å². The summed E-state index contributed by atoms with van der Waals surface area (Å²) in [7, 11) is -3.70. The van der Waals surface area contributed by atoms with Gasteiger partial charge in [-0.15, -0.1) is 0 Å². The monoisotopic (exact) mass is 343 g/mol. The molecule has 0 aliphatic heterocycles. The molecular weight excluding hydrogens is 330 g/mol. The molecule has 9 heteroatoms. The van der Waals surface area contributed by atoms with Gasteiger partial charge in [-0.3, -0.25) is 0 Å². The van der Waals surface area contributed by atoms with Crippen molar-refractivity contribution in [2.45, 2.75) is 11.3 Å². The largest absolute Gasteiger partial charge is 0.307 e. The van der Waals surface area contributed by atoms with E-state index >= 15 is 0 Å². The van der Waals surface area contributed by atoms with Gasteiger partial charge in [-0.25, -0.2) is 22.8 Å². The number of nitrogens with one attached hydrogen (secondary N) is 1. The fourth-order valence-corrected chi connectivity index (χ4v) is 3.68. The highest BCUT2D eigenvalue weighted by molar-refractivity contribution is 7.89. The zero-order valence-corrected chi connectivity index (χ0v) is 13.3. The molecule has 0 saturated carbocycles. The van der Waals surface area contributed by atoms with Crippen LogP contribution in [0.2, 0.25) is 0 Å². The van der Waals surface area contributed by atoms with Crippen LogP contribution in [0.15, 0.2) is 58.3 Å². The Balaban J connectivity index is 1.51. The standard InChI is InChI=1S/C15H13N5O3S/c21-24(22,13-5-3-4-12-15(13)19-23-18-12)16-8-7-11-10-20-9-2-1-6-14(20)17-11/h1-6,9-10,16H,7-8H2. The Morgan fingerprint density at radius 1 is 1.12 bits per heavy atom. The van der Waals surface area contributed by atoms with Crippen molar-refractivity contribution in [2.24, 2.45) is 0 Å². The third-order valence-electron chi connectivity index (χ3n) is 3.63. The Morgan fingerprint density at radius 2 is 2.04 bits per heavy atom. The second-order valence-corrected chi connectivity index (χ2v) is 6.97. The van der Waals surface area contributed by atoms with Gasteiger partial charge in [0.1, 0.15) is 16.1 Å². The first kappa shape index (κ1) is 14.8. The fraction of sp³-hybridized carbons (Fsp3) is 0.133. The Kier molecular flexibility index (Phi) is 3.51. The van der Waals surface area contributed by atoms with Crippen LogP contribution in [-0.4, -0.2) is 34.7 Å². The fourth-order valence-electron chi connectivity index (χ4n) is 2.50. The Bertz CT molecular complexity index is 1080. The van der Waals surface area contributed by atoms with Crippen molar-refractivity contribution >= 4 is 26.7 Å². The van der Waals surface area contributed by atoms with Crippen LogP contribution in [0.3, 0.4) is 0 Å². The predicted molar refractivity (Wildman–Crippen MR) is 85.9 cm³/mol. The number of pyridine rings is 1. The third kappa shape index (κ3) is 2.63. The molecule has 0 atom stereocenters. The van der Waals surface area contributed by atoms with Crippen molar-refractivity contribution in [1.82, 2.24) is 24.4 Å². The maximum atomic E-state index is 12.5. The van der Waals surface area contributed by atoms with E-state index in [1.54, 1.807) is 12.1 Å². The van der Waals surface area contributed by atoms with E-state index in [1.807, 2.05) is 35.0 Å². The minimum absolute atomic E-state index is 0.0521. The second-order valence-electron chi connectivity index (χ2n) is 5.23. The average Bonchev–Trinajstić information content (AvgIpc) is 3.20. The van der Waals surface area contributed by atoms with Gasteiger partial charge in [0.2, 0.25) is 10.0 Å². The molecule has 0 bridgehead atoms. The summed E-state index contributed by atoms with van der Waals surface area (Å²) in [5, 5.41) is 7.31. The molecule has 4 rings (SSSR count). The molecule has 3 aromatic heterocycles. The van der Waals surface area contributed by atoms with Crippen LogP contribution in [0.25, 0.3) is 16.7 Å². The summed E-state index contributed by atoms with van der Waals surface area (Å²) in [5.74, 6) is 0. The van der Waals surface area contributed by atoms with E-state index in [2.05, 4.69) is 24.6 Å². The van der Waals surface area contributed by atoms with Crippen LogP contribution in [-0.2, 0) is 16.4 Å². The van der Waals surface area contributed by atoms with Crippen molar-refractivity contribution in [2.75, 3.05) is 6.54 Å². The molecule has 3 heterocycles. The summed E-state index contributed by atoms with van der Waals surface area (Å²) in [6.07, 6.45) is 4.26. The van der Waals surface area contributed by atoms with E-state index in [-0.39, 0.29) is 17.0 Å². The van der Waals surface area contributed by atoms with Crippen molar-refractivity contribution in [3.05, 3.63) is 54.5 Å². The van der Waals surface area contributed by atoms with Crippen molar-refractivity contribution in [1.29, 1.82) is 0 Å². The zero-order valence-electron chi connectivity index (χ0n) is 12.5. The van der Waals surface area contributed by atoms with Gasteiger partial charge in [0.15, 0.2) is 5.52 Å². The SMILES string of the molecule is O=S(=O)(NCCc1cn2ccccc2n1)c1cccc2nonc12. The molecule has 4 aromatic rings. The molecule has 8 nitrogen and oxygen atoms in total. The topological polar surface area (TPSA) is 102 Å². The number of hydrogen-bond acceptors (Lipinski definition) is 6. The Labute approximate surface area is 137 Å². The highest BCUT2D eigenvalue weighted by Gasteiger charge is 2.19. The molecule has 1 aromatic carbocycles. The lowest BCUT2D eigenvalue weighted by atomic mass is 10.3. The quantitative estimate of drug-likeness (QED) is 0.587. The molecule has 0 saturated heterocycles. The number of benzene rings is 1. The minimum Gasteiger partial charge on any atom is -0.307 e. The average molecular weight is 343 g/mol. The molecule has 0 amide bonds. The molecule has 0 unspecified atom stereocenters. The van der Waals surface area contributed by atoms with Crippen LogP contribution in [0.4, 0.5) is 0 Å². The summed E-state index contributed by atoms with van der Waals surface area (Å²) in [5.41, 5.74) is 2.26. The van der Waals surface area contributed by atoms with Crippen molar-refractivity contribution in [3.8, 4) is 0 Å².